The Balaban J connectivity index is 1.62. The molecule has 0 aromatic heterocycles. The number of fused-ring (bicyclic) bond motifs is 1. The van der Waals surface area contributed by atoms with Crippen molar-refractivity contribution < 1.29 is 14.3 Å². The molecule has 1 fully saturated rings. The lowest BCUT2D eigenvalue weighted by molar-refractivity contribution is 0.0755. The minimum Gasteiger partial charge on any atom is -0.489 e. The number of benzene rings is 2. The molecular formula is C19H18O3. The fraction of sp³-hybridized carbons (Fsp3) is 0.316. The van der Waals surface area contributed by atoms with Crippen LogP contribution in [0.15, 0.2) is 48.5 Å². The van der Waals surface area contributed by atoms with E-state index in [0.717, 1.165) is 5.56 Å². The van der Waals surface area contributed by atoms with Crippen molar-refractivity contribution >= 4 is 5.78 Å². The zero-order valence-corrected chi connectivity index (χ0v) is 12.7. The summed E-state index contributed by atoms with van der Waals surface area (Å²) in [7, 11) is 0. The van der Waals surface area contributed by atoms with Crippen LogP contribution in [0.4, 0.5) is 0 Å². The van der Waals surface area contributed by atoms with Gasteiger partial charge in [-0.15, -0.1) is 0 Å². The molecule has 0 unspecified atom stereocenters. The van der Waals surface area contributed by atoms with Gasteiger partial charge >= 0.3 is 0 Å². The molecule has 0 amide bonds. The van der Waals surface area contributed by atoms with E-state index in [1.807, 2.05) is 18.2 Å². The van der Waals surface area contributed by atoms with Crippen molar-refractivity contribution in [3.63, 3.8) is 0 Å². The summed E-state index contributed by atoms with van der Waals surface area (Å²) in [6.45, 7) is 4.62. The Morgan fingerprint density at radius 2 is 1.82 bits per heavy atom. The normalized spacial score (nSPS) is 26.0. The quantitative estimate of drug-likeness (QED) is 0.789. The highest BCUT2D eigenvalue weighted by atomic mass is 16.6. The summed E-state index contributed by atoms with van der Waals surface area (Å²) in [4.78, 5) is 12.8. The Morgan fingerprint density at radius 3 is 2.55 bits per heavy atom. The third kappa shape index (κ3) is 1.89. The molecule has 2 atom stereocenters. The van der Waals surface area contributed by atoms with Crippen molar-refractivity contribution in [1.29, 1.82) is 0 Å². The molecule has 2 heterocycles. The van der Waals surface area contributed by atoms with E-state index in [4.69, 9.17) is 9.47 Å². The van der Waals surface area contributed by atoms with E-state index >= 15 is 0 Å². The molecule has 0 N–H and O–H groups in total. The van der Waals surface area contributed by atoms with Crippen LogP contribution in [0.2, 0.25) is 0 Å². The standard InChI is InChI=1S/C19H18O3/c1-12(2)13-7-9-14(10-8-13)18-19(22-18)11-21-16-6-4-3-5-15(16)17(19)20/h3-10,12,18H,11H2,1-2H3/t18-,19-/m0/s1. The number of ether oxygens (including phenoxy) is 2. The molecule has 3 nitrogen and oxygen atoms in total. The lowest BCUT2D eigenvalue weighted by atomic mass is 9.89. The second kappa shape index (κ2) is 4.68. The summed E-state index contributed by atoms with van der Waals surface area (Å²) < 4.78 is 11.6. The van der Waals surface area contributed by atoms with E-state index in [-0.39, 0.29) is 11.9 Å². The molecule has 3 heteroatoms. The van der Waals surface area contributed by atoms with E-state index in [2.05, 4.69) is 38.1 Å². The van der Waals surface area contributed by atoms with Gasteiger partial charge in [-0.1, -0.05) is 50.2 Å². The lowest BCUT2D eigenvalue weighted by Crippen LogP contribution is -2.37. The molecule has 0 saturated carbocycles. The van der Waals surface area contributed by atoms with Crippen LogP contribution in [0.3, 0.4) is 0 Å². The van der Waals surface area contributed by atoms with Crippen molar-refractivity contribution in [2.75, 3.05) is 6.61 Å². The van der Waals surface area contributed by atoms with Crippen LogP contribution in [-0.4, -0.2) is 18.0 Å². The van der Waals surface area contributed by atoms with Crippen LogP contribution in [0.25, 0.3) is 0 Å². The molecule has 0 radical (unpaired) electrons. The van der Waals surface area contributed by atoms with E-state index < -0.39 is 5.60 Å². The molecule has 1 spiro atoms. The fourth-order valence-corrected chi connectivity index (χ4v) is 3.11. The van der Waals surface area contributed by atoms with E-state index in [1.165, 1.54) is 5.56 Å². The lowest BCUT2D eigenvalue weighted by Gasteiger charge is -2.21. The molecule has 2 aromatic carbocycles. The van der Waals surface area contributed by atoms with Gasteiger partial charge < -0.3 is 9.47 Å². The molecule has 22 heavy (non-hydrogen) atoms. The number of ketones is 1. The van der Waals surface area contributed by atoms with Gasteiger partial charge in [-0.3, -0.25) is 4.79 Å². The molecule has 2 aliphatic rings. The summed E-state index contributed by atoms with van der Waals surface area (Å²) in [6, 6.07) is 15.7. The Labute approximate surface area is 129 Å². The highest BCUT2D eigenvalue weighted by Gasteiger charge is 2.65. The molecule has 112 valence electrons. The first kappa shape index (κ1) is 13.5. The number of hydrogen-bond acceptors (Lipinski definition) is 3. The second-order valence-electron chi connectivity index (χ2n) is 6.32. The summed E-state index contributed by atoms with van der Waals surface area (Å²) >= 11 is 0. The minimum absolute atomic E-state index is 0.0345. The van der Waals surface area contributed by atoms with Crippen LogP contribution >= 0.6 is 0 Å². The third-order valence-electron chi connectivity index (χ3n) is 4.56. The van der Waals surface area contributed by atoms with E-state index in [9.17, 15) is 4.79 Å². The monoisotopic (exact) mass is 294 g/mol. The van der Waals surface area contributed by atoms with Crippen LogP contribution in [0.1, 0.15) is 47.4 Å². The first-order valence-corrected chi connectivity index (χ1v) is 7.66. The molecule has 1 saturated heterocycles. The van der Waals surface area contributed by atoms with Crippen molar-refractivity contribution in [2.24, 2.45) is 0 Å². The smallest absolute Gasteiger partial charge is 0.205 e. The van der Waals surface area contributed by atoms with Crippen molar-refractivity contribution in [3.05, 3.63) is 65.2 Å². The van der Waals surface area contributed by atoms with Gasteiger partial charge in [0.05, 0.1) is 5.56 Å². The van der Waals surface area contributed by atoms with E-state index in [0.29, 0.717) is 23.8 Å². The maximum absolute atomic E-state index is 12.8. The maximum atomic E-state index is 12.8. The molecule has 2 aromatic rings. The van der Waals surface area contributed by atoms with Gasteiger partial charge in [0.25, 0.3) is 0 Å². The summed E-state index contributed by atoms with van der Waals surface area (Å²) in [5.41, 5.74) is 2.12. The zero-order valence-electron chi connectivity index (χ0n) is 12.7. The first-order chi connectivity index (χ1) is 10.6. The predicted molar refractivity (Wildman–Crippen MR) is 83.4 cm³/mol. The number of epoxide rings is 1. The summed E-state index contributed by atoms with van der Waals surface area (Å²) in [6.07, 6.45) is -0.199. The van der Waals surface area contributed by atoms with Gasteiger partial charge in [-0.05, 0) is 29.2 Å². The van der Waals surface area contributed by atoms with Crippen LogP contribution in [0, 0.1) is 0 Å². The second-order valence-corrected chi connectivity index (χ2v) is 6.32. The number of hydrogen-bond donors (Lipinski definition) is 0. The largest absolute Gasteiger partial charge is 0.489 e. The van der Waals surface area contributed by atoms with Gasteiger partial charge in [-0.25, -0.2) is 0 Å². The summed E-state index contributed by atoms with van der Waals surface area (Å²) in [5.74, 6) is 1.18. The van der Waals surface area contributed by atoms with Crippen LogP contribution < -0.4 is 4.74 Å². The number of rotatable bonds is 2. The SMILES string of the molecule is CC(C)c1ccc([C@@H]2O[C@]23COc2ccccc2C3=O)cc1. The van der Waals surface area contributed by atoms with Gasteiger partial charge in [0, 0.05) is 0 Å². The minimum atomic E-state index is -0.826. The number of carbonyl (C=O) groups is 1. The number of para-hydroxylation sites is 1. The molecule has 2 aliphatic heterocycles. The molecular weight excluding hydrogens is 276 g/mol. The zero-order chi connectivity index (χ0) is 15.3. The maximum Gasteiger partial charge on any atom is 0.205 e. The predicted octanol–water partition coefficient (Wildman–Crippen LogP) is 3.90. The van der Waals surface area contributed by atoms with E-state index in [1.54, 1.807) is 6.07 Å². The highest BCUT2D eigenvalue weighted by Crippen LogP contribution is 2.54. The molecule has 0 aliphatic carbocycles. The number of carbonyl (C=O) groups excluding carboxylic acids is 1. The Kier molecular flexibility index (Phi) is 2.88. The molecule has 4 rings (SSSR count). The highest BCUT2D eigenvalue weighted by molar-refractivity contribution is 6.07. The van der Waals surface area contributed by atoms with Gasteiger partial charge in [-0.2, -0.15) is 0 Å². The van der Waals surface area contributed by atoms with Gasteiger partial charge in [0.2, 0.25) is 5.78 Å². The van der Waals surface area contributed by atoms with Gasteiger partial charge in [0.1, 0.15) is 18.5 Å². The van der Waals surface area contributed by atoms with Crippen molar-refractivity contribution in [2.45, 2.75) is 31.5 Å². The van der Waals surface area contributed by atoms with Crippen LogP contribution in [-0.2, 0) is 4.74 Å². The molecule has 0 bridgehead atoms. The number of Topliss-reactive ketones (excluding diaryl/α,β-unsaturated/α-hetero) is 1. The first-order valence-electron chi connectivity index (χ1n) is 7.66. The average Bonchev–Trinajstić information content (AvgIpc) is 3.27. The summed E-state index contributed by atoms with van der Waals surface area (Å²) in [5, 5.41) is 0. The average molecular weight is 294 g/mol. The van der Waals surface area contributed by atoms with Crippen LogP contribution in [0.5, 0.6) is 5.75 Å². The Hall–Kier alpha value is -2.13. The van der Waals surface area contributed by atoms with Gasteiger partial charge in [0.15, 0.2) is 5.60 Å². The Morgan fingerprint density at radius 1 is 1.09 bits per heavy atom. The fourth-order valence-electron chi connectivity index (χ4n) is 3.11. The topological polar surface area (TPSA) is 38.8 Å². The Bertz CT molecular complexity index is 733. The van der Waals surface area contributed by atoms with Crippen molar-refractivity contribution in [3.8, 4) is 5.75 Å². The third-order valence-corrected chi connectivity index (χ3v) is 4.56. The van der Waals surface area contributed by atoms with Crippen molar-refractivity contribution in [1.82, 2.24) is 0 Å².